The molecule has 0 rings (SSSR count). The van der Waals surface area contributed by atoms with E-state index in [4.69, 9.17) is 28.0 Å². The molecule has 0 aliphatic heterocycles. The molecular weight excluding hydrogens is 693 g/mol. The molecule has 0 bridgehead atoms. The fourth-order valence-corrected chi connectivity index (χ4v) is 5.25. The summed E-state index contributed by atoms with van der Waals surface area (Å²) >= 11 is 0. The lowest BCUT2D eigenvalue weighted by atomic mass is 10.1. The molecule has 13 nitrogen and oxygen atoms in total. The van der Waals surface area contributed by atoms with Crippen molar-refractivity contribution in [2.24, 2.45) is 0 Å². The standard InChI is InChI=1S/C38H64NO12P/c1-6-8-24-35(40)46-29-22-18-14-10-12-16-20-26-37(42)48-32-34(33-50-52(44,45)49-31-28-39(3,4)5)51-38(43)27-21-17-13-11-15-19-23-30-47-36(41)25-9-7-2/h6-9,24-25,34H,1-2,10-23,26-33H2,3-5H3/p+1/b24-8+,25-9+/t34-/m1/s1. The van der Waals surface area contributed by atoms with Crippen molar-refractivity contribution in [1.82, 2.24) is 0 Å². The molecule has 52 heavy (non-hydrogen) atoms. The summed E-state index contributed by atoms with van der Waals surface area (Å²) < 4.78 is 44.1. The maximum atomic E-state index is 12.6. The minimum atomic E-state index is -4.42. The van der Waals surface area contributed by atoms with Crippen LogP contribution in [0.5, 0.6) is 0 Å². The zero-order chi connectivity index (χ0) is 38.9. The molecule has 0 amide bonds. The number of hydrogen-bond donors (Lipinski definition) is 1. The summed E-state index contributed by atoms with van der Waals surface area (Å²) in [7, 11) is 1.32. The Hall–Kier alpha value is -3.09. The maximum Gasteiger partial charge on any atom is 0.472 e. The first-order valence-corrected chi connectivity index (χ1v) is 20.0. The summed E-state index contributed by atoms with van der Waals surface area (Å²) in [5.74, 6) is -1.73. The van der Waals surface area contributed by atoms with Crippen molar-refractivity contribution in [1.29, 1.82) is 0 Å². The van der Waals surface area contributed by atoms with Gasteiger partial charge >= 0.3 is 31.7 Å². The molecule has 1 unspecified atom stereocenters. The van der Waals surface area contributed by atoms with E-state index in [1.54, 1.807) is 0 Å². The number of hydrogen-bond acceptors (Lipinski definition) is 11. The minimum Gasteiger partial charge on any atom is -0.463 e. The lowest BCUT2D eigenvalue weighted by Crippen LogP contribution is -2.37. The van der Waals surface area contributed by atoms with Gasteiger partial charge in [-0.15, -0.1) is 0 Å². The predicted molar refractivity (Wildman–Crippen MR) is 200 cm³/mol. The molecule has 14 heteroatoms. The van der Waals surface area contributed by atoms with Gasteiger partial charge in [0.15, 0.2) is 6.10 Å². The summed E-state index contributed by atoms with van der Waals surface area (Å²) in [4.78, 5) is 57.9. The fraction of sp³-hybridized carbons (Fsp3) is 0.684. The molecule has 0 aromatic rings. The molecule has 0 radical (unpaired) electrons. The van der Waals surface area contributed by atoms with Crippen molar-refractivity contribution >= 4 is 31.7 Å². The highest BCUT2D eigenvalue weighted by Gasteiger charge is 2.27. The monoisotopic (exact) mass is 758 g/mol. The fourth-order valence-electron chi connectivity index (χ4n) is 4.51. The zero-order valence-electron chi connectivity index (χ0n) is 31.8. The lowest BCUT2D eigenvalue weighted by Gasteiger charge is -2.24. The smallest absolute Gasteiger partial charge is 0.463 e. The van der Waals surface area contributed by atoms with Crippen LogP contribution >= 0.6 is 7.82 Å². The Morgan fingerprint density at radius 2 is 1.06 bits per heavy atom. The molecule has 1 N–H and O–H groups in total. The highest BCUT2D eigenvalue weighted by Crippen LogP contribution is 2.43. The Kier molecular flexibility index (Phi) is 29.6. The maximum absolute atomic E-state index is 12.6. The van der Waals surface area contributed by atoms with Gasteiger partial charge in [-0.3, -0.25) is 18.6 Å². The number of carbonyl (C=O) groups excluding carboxylic acids is 4. The third-order valence-corrected chi connectivity index (χ3v) is 8.43. The Labute approximate surface area is 311 Å². The topological polar surface area (TPSA) is 161 Å². The van der Waals surface area contributed by atoms with E-state index in [0.717, 1.165) is 77.0 Å². The summed E-state index contributed by atoms with van der Waals surface area (Å²) in [6.45, 7) is 7.44. The molecule has 0 aromatic carbocycles. The van der Waals surface area contributed by atoms with Gasteiger partial charge in [0.2, 0.25) is 0 Å². The first-order chi connectivity index (χ1) is 24.8. The molecule has 0 heterocycles. The molecule has 0 saturated heterocycles. The van der Waals surface area contributed by atoms with Crippen molar-refractivity contribution in [2.75, 3.05) is 60.7 Å². The van der Waals surface area contributed by atoms with Gasteiger partial charge in [0.25, 0.3) is 0 Å². The van der Waals surface area contributed by atoms with Gasteiger partial charge in [0, 0.05) is 25.0 Å². The van der Waals surface area contributed by atoms with Crippen LogP contribution in [0.3, 0.4) is 0 Å². The third-order valence-electron chi connectivity index (χ3n) is 7.44. The molecule has 298 valence electrons. The summed E-state index contributed by atoms with van der Waals surface area (Å²) in [5.41, 5.74) is 0. The highest BCUT2D eigenvalue weighted by atomic mass is 31.2. The number of unbranched alkanes of at least 4 members (excludes halogenated alkanes) is 12. The van der Waals surface area contributed by atoms with E-state index in [2.05, 4.69) is 13.2 Å². The van der Waals surface area contributed by atoms with Crippen LogP contribution < -0.4 is 0 Å². The zero-order valence-corrected chi connectivity index (χ0v) is 32.7. The van der Waals surface area contributed by atoms with Crippen molar-refractivity contribution < 1.29 is 61.1 Å². The minimum absolute atomic E-state index is 0.0124. The number of rotatable bonds is 34. The number of allylic oxidation sites excluding steroid dienone is 4. The van der Waals surface area contributed by atoms with Crippen molar-refractivity contribution in [3.8, 4) is 0 Å². The Morgan fingerprint density at radius 3 is 1.52 bits per heavy atom. The lowest BCUT2D eigenvalue weighted by molar-refractivity contribution is -0.870. The summed E-state index contributed by atoms with van der Waals surface area (Å²) in [6.07, 6.45) is 20.3. The Balaban J connectivity index is 4.46. The average molecular weight is 759 g/mol. The van der Waals surface area contributed by atoms with E-state index in [1.807, 2.05) is 21.1 Å². The van der Waals surface area contributed by atoms with Crippen molar-refractivity contribution in [2.45, 2.75) is 109 Å². The van der Waals surface area contributed by atoms with Crippen LogP contribution in [0.25, 0.3) is 0 Å². The number of phosphoric acid groups is 1. The van der Waals surface area contributed by atoms with E-state index < -0.39 is 32.5 Å². The van der Waals surface area contributed by atoms with Gasteiger partial charge in [-0.25, -0.2) is 14.2 Å². The molecule has 0 saturated carbocycles. The molecular formula is C38H65NO12P+. The van der Waals surface area contributed by atoms with E-state index in [0.29, 0.717) is 37.1 Å². The number of phosphoric ester groups is 1. The largest absolute Gasteiger partial charge is 0.472 e. The number of likely N-dealkylation sites (N-methyl/N-ethyl adjacent to an activating group) is 1. The number of ether oxygens (including phenoxy) is 4. The second-order valence-electron chi connectivity index (χ2n) is 13.4. The number of esters is 4. The average Bonchev–Trinajstić information content (AvgIpc) is 3.08. The molecule has 0 fully saturated rings. The number of carbonyl (C=O) groups is 4. The number of quaternary nitrogens is 1. The predicted octanol–water partition coefficient (Wildman–Crippen LogP) is 7.09. The van der Waals surface area contributed by atoms with Gasteiger partial charge in [-0.05, 0) is 25.7 Å². The molecule has 0 aliphatic rings. The first kappa shape index (κ1) is 48.9. The van der Waals surface area contributed by atoms with Crippen molar-refractivity contribution in [3.63, 3.8) is 0 Å². The molecule has 0 aromatic heterocycles. The van der Waals surface area contributed by atoms with E-state index in [9.17, 15) is 28.6 Å². The normalized spacial score (nSPS) is 13.4. The SMILES string of the molecule is C=C/C=C/C(=O)OCCCCCCCCCC(=O)OC[C@H](COP(=O)(O)OCC[N+](C)(C)C)OC(=O)CCCCCCCCCOC(=O)/C=C/C=C. The third kappa shape index (κ3) is 34.0. The molecule has 0 aliphatic carbocycles. The van der Waals surface area contributed by atoms with Crippen LogP contribution in [0.4, 0.5) is 0 Å². The molecule has 2 atom stereocenters. The van der Waals surface area contributed by atoms with Gasteiger partial charge in [0.05, 0.1) is 41.0 Å². The van der Waals surface area contributed by atoms with E-state index >= 15 is 0 Å². The second kappa shape index (κ2) is 31.4. The van der Waals surface area contributed by atoms with Crippen molar-refractivity contribution in [3.05, 3.63) is 49.6 Å². The van der Waals surface area contributed by atoms with Crippen LogP contribution in [0.1, 0.15) is 103 Å². The van der Waals surface area contributed by atoms with Gasteiger partial charge in [0.1, 0.15) is 19.8 Å². The molecule has 0 spiro atoms. The van der Waals surface area contributed by atoms with Gasteiger partial charge in [-0.1, -0.05) is 102 Å². The van der Waals surface area contributed by atoms with E-state index in [1.165, 1.54) is 36.5 Å². The second-order valence-corrected chi connectivity index (χ2v) is 14.8. The number of nitrogens with zero attached hydrogens (tertiary/aromatic N) is 1. The van der Waals surface area contributed by atoms with E-state index in [-0.39, 0.29) is 38.0 Å². The quantitative estimate of drug-likeness (QED) is 0.0135. The Morgan fingerprint density at radius 1 is 0.615 bits per heavy atom. The van der Waals surface area contributed by atoms with Crippen LogP contribution in [-0.4, -0.2) is 100 Å². The van der Waals surface area contributed by atoms with Crippen LogP contribution in [0.15, 0.2) is 49.6 Å². The summed E-state index contributed by atoms with van der Waals surface area (Å²) in [6, 6.07) is 0. The van der Waals surface area contributed by atoms with Crippen LogP contribution in [-0.2, 0) is 51.7 Å². The van der Waals surface area contributed by atoms with Crippen LogP contribution in [0, 0.1) is 0 Å². The van der Waals surface area contributed by atoms with Gasteiger partial charge < -0.3 is 28.3 Å². The summed E-state index contributed by atoms with van der Waals surface area (Å²) in [5, 5.41) is 0. The van der Waals surface area contributed by atoms with Gasteiger partial charge in [-0.2, -0.15) is 0 Å². The first-order valence-electron chi connectivity index (χ1n) is 18.5. The Bertz CT molecular complexity index is 1130. The van der Waals surface area contributed by atoms with Crippen LogP contribution in [0.2, 0.25) is 0 Å². The highest BCUT2D eigenvalue weighted by molar-refractivity contribution is 7.47.